The molecule has 1 saturated carbocycles. The first-order valence-electron chi connectivity index (χ1n) is 13.0. The lowest BCUT2D eigenvalue weighted by Crippen LogP contribution is -2.51. The monoisotopic (exact) mass is 561 g/mol. The zero-order valence-electron chi connectivity index (χ0n) is 22.4. The molecule has 1 aromatic carbocycles. The Morgan fingerprint density at radius 1 is 1.03 bits per heavy atom. The second-order valence-electron chi connectivity index (χ2n) is 10.7. The van der Waals surface area contributed by atoms with Crippen LogP contribution in [0.25, 0.3) is 5.57 Å². The lowest BCUT2D eigenvalue weighted by molar-refractivity contribution is 0.0192. The number of carbonyl (C=O) groups excluding carboxylic acids is 1. The number of hydrogen-bond donors (Lipinski definition) is 0. The van der Waals surface area contributed by atoms with Crippen molar-refractivity contribution in [2.75, 3.05) is 33.3 Å². The van der Waals surface area contributed by atoms with Crippen LogP contribution in [0.1, 0.15) is 57.7 Å². The van der Waals surface area contributed by atoms with Crippen molar-refractivity contribution in [3.63, 3.8) is 0 Å². The van der Waals surface area contributed by atoms with Crippen LogP contribution in [-0.2, 0) is 14.8 Å². The van der Waals surface area contributed by atoms with Gasteiger partial charge in [-0.25, -0.2) is 18.2 Å². The molecule has 1 aromatic heterocycles. The molecule has 4 rings (SSSR count). The van der Waals surface area contributed by atoms with E-state index in [0.717, 1.165) is 29.7 Å². The summed E-state index contributed by atoms with van der Waals surface area (Å²) in [6.45, 7) is 6.42. The van der Waals surface area contributed by atoms with E-state index in [1.54, 1.807) is 23.1 Å². The van der Waals surface area contributed by atoms with Crippen LogP contribution in [0, 0.1) is 5.92 Å². The first kappa shape index (κ1) is 28.4. The molecular weight excluding hydrogens is 526 g/mol. The number of hydrogen-bond acceptors (Lipinski definition) is 6. The van der Waals surface area contributed by atoms with Crippen molar-refractivity contribution in [3.05, 3.63) is 58.8 Å². The maximum absolute atomic E-state index is 13.4. The van der Waals surface area contributed by atoms with Gasteiger partial charge in [-0.2, -0.15) is 4.31 Å². The number of allylic oxidation sites excluding steroid dienone is 1. The van der Waals surface area contributed by atoms with E-state index in [1.165, 1.54) is 24.3 Å². The molecule has 206 valence electrons. The highest BCUT2D eigenvalue weighted by Crippen LogP contribution is 2.34. The highest BCUT2D eigenvalue weighted by Gasteiger charge is 2.32. The summed E-state index contributed by atoms with van der Waals surface area (Å²) in [4.78, 5) is 18.7. The van der Waals surface area contributed by atoms with Crippen LogP contribution < -0.4 is 4.74 Å². The quantitative estimate of drug-likeness (QED) is 0.455. The van der Waals surface area contributed by atoms with Crippen LogP contribution in [-0.4, -0.2) is 67.6 Å². The molecule has 38 heavy (non-hydrogen) atoms. The molecule has 2 heterocycles. The summed E-state index contributed by atoms with van der Waals surface area (Å²) in [7, 11) is -2.18. The third kappa shape index (κ3) is 6.68. The number of sulfonamides is 1. The maximum Gasteiger partial charge on any atom is 0.410 e. The number of ether oxygens (including phenoxy) is 2. The fourth-order valence-electron chi connectivity index (χ4n) is 4.80. The van der Waals surface area contributed by atoms with E-state index in [4.69, 9.17) is 21.1 Å². The smallest absolute Gasteiger partial charge is 0.410 e. The number of benzene rings is 1. The van der Waals surface area contributed by atoms with Gasteiger partial charge in [0, 0.05) is 31.8 Å². The Bertz CT molecular complexity index is 1270. The average molecular weight is 562 g/mol. The first-order valence-corrected chi connectivity index (χ1v) is 14.8. The van der Waals surface area contributed by atoms with Crippen molar-refractivity contribution in [2.45, 2.75) is 57.0 Å². The van der Waals surface area contributed by atoms with E-state index in [0.29, 0.717) is 16.8 Å². The normalized spacial score (nSPS) is 18.0. The molecule has 1 aliphatic carbocycles. The van der Waals surface area contributed by atoms with Gasteiger partial charge in [-0.05, 0) is 69.4 Å². The molecule has 1 aliphatic heterocycles. The minimum absolute atomic E-state index is 0.213. The largest absolute Gasteiger partial charge is 0.480 e. The zero-order valence-corrected chi connectivity index (χ0v) is 24.0. The lowest BCUT2D eigenvalue weighted by atomic mass is 9.96. The topological polar surface area (TPSA) is 89.0 Å². The van der Waals surface area contributed by atoms with Crippen LogP contribution in [0.15, 0.2) is 47.4 Å². The Morgan fingerprint density at radius 3 is 2.24 bits per heavy atom. The SMILES string of the molecule is COc1nc(C(=CC2CCCC2)c2ccc(S(=O)(=O)N3CCN(C(=O)OC(C)(C)C)CC3)cc2)ccc1Cl. The Hall–Kier alpha value is -2.62. The Labute approximate surface area is 230 Å². The molecule has 0 spiro atoms. The van der Waals surface area contributed by atoms with Gasteiger partial charge in [0.05, 0.1) is 17.7 Å². The van der Waals surface area contributed by atoms with Gasteiger partial charge in [0.25, 0.3) is 0 Å². The van der Waals surface area contributed by atoms with Crippen LogP contribution in [0.3, 0.4) is 0 Å². The van der Waals surface area contributed by atoms with Crippen LogP contribution in [0.4, 0.5) is 4.79 Å². The van der Waals surface area contributed by atoms with Crippen molar-refractivity contribution >= 4 is 33.3 Å². The Balaban J connectivity index is 1.53. The van der Waals surface area contributed by atoms with Gasteiger partial charge >= 0.3 is 6.09 Å². The van der Waals surface area contributed by atoms with Gasteiger partial charge in [-0.1, -0.05) is 42.7 Å². The molecule has 8 nitrogen and oxygen atoms in total. The summed E-state index contributed by atoms with van der Waals surface area (Å²) in [5.41, 5.74) is 1.94. The molecule has 1 amide bonds. The molecule has 2 aliphatic rings. The lowest BCUT2D eigenvalue weighted by Gasteiger charge is -2.35. The predicted octanol–water partition coefficient (Wildman–Crippen LogP) is 5.61. The minimum Gasteiger partial charge on any atom is -0.480 e. The maximum atomic E-state index is 13.4. The van der Waals surface area contributed by atoms with Crippen molar-refractivity contribution in [2.24, 2.45) is 5.92 Å². The fourth-order valence-corrected chi connectivity index (χ4v) is 6.40. The number of pyridine rings is 1. The molecule has 0 N–H and O–H groups in total. The number of methoxy groups -OCH3 is 1. The summed E-state index contributed by atoms with van der Waals surface area (Å²) in [5.74, 6) is 0.796. The molecule has 0 atom stereocenters. The van der Waals surface area contributed by atoms with Gasteiger partial charge in [0.1, 0.15) is 10.6 Å². The van der Waals surface area contributed by atoms with E-state index in [9.17, 15) is 13.2 Å². The number of rotatable bonds is 6. The Kier molecular flexibility index (Phi) is 8.69. The molecule has 0 radical (unpaired) electrons. The van der Waals surface area contributed by atoms with Gasteiger partial charge in [0.15, 0.2) is 0 Å². The minimum atomic E-state index is -3.71. The number of piperazine rings is 1. The van der Waals surface area contributed by atoms with E-state index in [-0.39, 0.29) is 31.1 Å². The van der Waals surface area contributed by atoms with Gasteiger partial charge < -0.3 is 14.4 Å². The number of halogens is 1. The van der Waals surface area contributed by atoms with Crippen LogP contribution >= 0.6 is 11.6 Å². The highest BCUT2D eigenvalue weighted by molar-refractivity contribution is 7.89. The van der Waals surface area contributed by atoms with Crippen LogP contribution in [0.5, 0.6) is 5.88 Å². The van der Waals surface area contributed by atoms with E-state index >= 15 is 0 Å². The third-order valence-corrected chi connectivity index (χ3v) is 8.98. The predicted molar refractivity (Wildman–Crippen MR) is 148 cm³/mol. The van der Waals surface area contributed by atoms with Gasteiger partial charge in [-0.15, -0.1) is 0 Å². The number of aromatic nitrogens is 1. The molecule has 10 heteroatoms. The van der Waals surface area contributed by atoms with Crippen molar-refractivity contribution in [3.8, 4) is 5.88 Å². The molecular formula is C28H36ClN3O5S. The van der Waals surface area contributed by atoms with E-state index in [1.807, 2.05) is 39.0 Å². The second kappa shape index (κ2) is 11.6. The molecule has 2 aromatic rings. The molecule has 0 bridgehead atoms. The second-order valence-corrected chi connectivity index (χ2v) is 13.1. The third-order valence-electron chi connectivity index (χ3n) is 6.78. The summed E-state index contributed by atoms with van der Waals surface area (Å²) < 4.78 is 38.9. The summed E-state index contributed by atoms with van der Waals surface area (Å²) in [6.07, 6.45) is 6.45. The average Bonchev–Trinajstić information content (AvgIpc) is 3.40. The van der Waals surface area contributed by atoms with Gasteiger partial charge in [0.2, 0.25) is 15.9 Å². The number of amides is 1. The van der Waals surface area contributed by atoms with Crippen molar-refractivity contribution in [1.29, 1.82) is 0 Å². The van der Waals surface area contributed by atoms with E-state index < -0.39 is 21.7 Å². The fraction of sp³-hybridized carbons (Fsp3) is 0.500. The summed E-state index contributed by atoms with van der Waals surface area (Å²) >= 11 is 6.21. The van der Waals surface area contributed by atoms with E-state index in [2.05, 4.69) is 11.1 Å². The number of nitrogens with zero attached hydrogens (tertiary/aromatic N) is 3. The summed E-state index contributed by atoms with van der Waals surface area (Å²) in [5, 5.41) is 0.435. The molecule has 2 fully saturated rings. The van der Waals surface area contributed by atoms with Crippen molar-refractivity contribution < 1.29 is 22.7 Å². The highest BCUT2D eigenvalue weighted by atomic mass is 35.5. The van der Waals surface area contributed by atoms with Gasteiger partial charge in [-0.3, -0.25) is 0 Å². The molecule has 0 unspecified atom stereocenters. The van der Waals surface area contributed by atoms with Crippen molar-refractivity contribution in [1.82, 2.24) is 14.2 Å². The molecule has 1 saturated heterocycles. The van der Waals surface area contributed by atoms with Crippen LogP contribution in [0.2, 0.25) is 5.02 Å². The zero-order chi connectivity index (χ0) is 27.5. The first-order chi connectivity index (χ1) is 18.0. The standard InChI is InChI=1S/C28H36ClN3O5S/c1-28(2,3)37-27(33)31-15-17-32(18-16-31)38(34,35)22-11-9-21(10-12-22)23(19-20-7-5-6-8-20)25-14-13-24(29)26(30-25)36-4/h9-14,19-20H,5-8,15-18H2,1-4H3. The summed E-state index contributed by atoms with van der Waals surface area (Å²) in [6, 6.07) is 10.6. The Morgan fingerprint density at radius 2 is 1.66 bits per heavy atom. The number of carbonyl (C=O) groups is 1.